The molecule has 0 saturated heterocycles. The van der Waals surface area contributed by atoms with Gasteiger partial charge in [-0.05, 0) is 39.7 Å². The van der Waals surface area contributed by atoms with Crippen LogP contribution in [0.15, 0.2) is 24.3 Å². The first-order valence-corrected chi connectivity index (χ1v) is 8.44. The van der Waals surface area contributed by atoms with Gasteiger partial charge in [-0.1, -0.05) is 38.5 Å². The van der Waals surface area contributed by atoms with Crippen LogP contribution in [0.4, 0.5) is 0 Å². The van der Waals surface area contributed by atoms with Crippen molar-refractivity contribution in [3.63, 3.8) is 0 Å². The Morgan fingerprint density at radius 3 is 2.45 bits per heavy atom. The van der Waals surface area contributed by atoms with Crippen molar-refractivity contribution in [2.24, 2.45) is 5.73 Å². The topological polar surface area (TPSA) is 41.7 Å². The molecule has 0 fully saturated rings. The molecule has 1 unspecified atom stereocenters. The van der Waals surface area contributed by atoms with Crippen molar-refractivity contribution in [2.45, 2.75) is 32.7 Å². The lowest BCUT2D eigenvalue weighted by atomic mass is 10.0. The van der Waals surface area contributed by atoms with Crippen LogP contribution in [-0.4, -0.2) is 56.7 Å². The minimum absolute atomic E-state index is 0.229. The van der Waals surface area contributed by atoms with Gasteiger partial charge in [0.05, 0.1) is 6.04 Å². The van der Waals surface area contributed by atoms with Crippen molar-refractivity contribution in [1.29, 1.82) is 0 Å². The van der Waals surface area contributed by atoms with E-state index in [1.165, 1.54) is 18.4 Å². The van der Waals surface area contributed by atoms with Crippen LogP contribution < -0.4 is 10.5 Å². The molecule has 0 saturated carbocycles. The number of likely N-dealkylation sites (N-methyl/N-ethyl adjacent to an activating group) is 2. The summed E-state index contributed by atoms with van der Waals surface area (Å²) < 4.78 is 6.01. The molecule has 4 heteroatoms. The molecule has 4 nitrogen and oxygen atoms in total. The molecule has 0 heterocycles. The number of hydrogen-bond acceptors (Lipinski definition) is 4. The highest BCUT2D eigenvalue weighted by molar-refractivity contribution is 5.36. The number of nitrogens with zero attached hydrogens (tertiary/aromatic N) is 2. The summed E-state index contributed by atoms with van der Waals surface area (Å²) in [7, 11) is 4.11. The predicted octanol–water partition coefficient (Wildman–Crippen LogP) is 2.75. The Balaban J connectivity index is 2.85. The molecule has 2 N–H and O–H groups in total. The zero-order chi connectivity index (χ0) is 16.4. The van der Waals surface area contributed by atoms with E-state index >= 15 is 0 Å². The van der Waals surface area contributed by atoms with Gasteiger partial charge in [-0.2, -0.15) is 0 Å². The molecule has 22 heavy (non-hydrogen) atoms. The Bertz CT molecular complexity index is 409. The molecule has 1 aromatic carbocycles. The monoisotopic (exact) mass is 307 g/mol. The molecule has 0 aliphatic heterocycles. The third-order valence-corrected chi connectivity index (χ3v) is 3.94. The van der Waals surface area contributed by atoms with Gasteiger partial charge >= 0.3 is 0 Å². The van der Waals surface area contributed by atoms with Gasteiger partial charge in [-0.25, -0.2) is 0 Å². The largest absolute Gasteiger partial charge is 0.492 e. The zero-order valence-electron chi connectivity index (χ0n) is 14.7. The van der Waals surface area contributed by atoms with Gasteiger partial charge in [0.1, 0.15) is 12.4 Å². The molecule has 1 aromatic rings. The molecular weight excluding hydrogens is 274 g/mol. The van der Waals surface area contributed by atoms with E-state index in [-0.39, 0.29) is 6.04 Å². The number of ether oxygens (including phenoxy) is 1. The van der Waals surface area contributed by atoms with E-state index in [2.05, 4.69) is 55.9 Å². The maximum atomic E-state index is 6.09. The highest BCUT2D eigenvalue weighted by atomic mass is 16.5. The lowest BCUT2D eigenvalue weighted by molar-refractivity contribution is 0.199. The normalized spacial score (nSPS) is 12.9. The molecule has 0 aromatic heterocycles. The first-order chi connectivity index (χ1) is 10.6. The molecule has 0 aliphatic rings. The second kappa shape index (κ2) is 10.6. The summed E-state index contributed by atoms with van der Waals surface area (Å²) >= 11 is 0. The Kier molecular flexibility index (Phi) is 9.13. The van der Waals surface area contributed by atoms with Crippen LogP contribution in [0.5, 0.6) is 5.75 Å². The quantitative estimate of drug-likeness (QED) is 0.682. The van der Waals surface area contributed by atoms with Crippen LogP contribution in [0, 0.1) is 0 Å². The molecule has 0 bridgehead atoms. The van der Waals surface area contributed by atoms with Gasteiger partial charge in [0.2, 0.25) is 0 Å². The molecule has 126 valence electrons. The average molecular weight is 307 g/mol. The highest BCUT2D eigenvalue weighted by Crippen LogP contribution is 2.29. The summed E-state index contributed by atoms with van der Waals surface area (Å²) in [6.07, 6.45) is 2.41. The average Bonchev–Trinajstić information content (AvgIpc) is 2.52. The molecule has 0 radical (unpaired) electrons. The van der Waals surface area contributed by atoms with Gasteiger partial charge < -0.3 is 15.4 Å². The third kappa shape index (κ3) is 5.95. The summed E-state index contributed by atoms with van der Waals surface area (Å²) in [5, 5.41) is 0. The number of benzene rings is 1. The van der Waals surface area contributed by atoms with Crippen LogP contribution in [-0.2, 0) is 0 Å². The summed E-state index contributed by atoms with van der Waals surface area (Å²) in [5.41, 5.74) is 7.30. The second-order valence-corrected chi connectivity index (χ2v) is 5.92. The van der Waals surface area contributed by atoms with Crippen molar-refractivity contribution >= 4 is 0 Å². The summed E-state index contributed by atoms with van der Waals surface area (Å²) in [6, 6.07) is 8.54. The number of unbranched alkanes of at least 4 members (excludes halogenated alkanes) is 1. The Hall–Kier alpha value is -1.10. The van der Waals surface area contributed by atoms with Crippen LogP contribution in [0.3, 0.4) is 0 Å². The van der Waals surface area contributed by atoms with Crippen LogP contribution >= 0.6 is 0 Å². The summed E-state index contributed by atoms with van der Waals surface area (Å²) in [5.74, 6) is 0.967. The van der Waals surface area contributed by atoms with Crippen molar-refractivity contribution < 1.29 is 4.74 Å². The van der Waals surface area contributed by atoms with E-state index < -0.39 is 0 Å². The lowest BCUT2D eigenvalue weighted by Gasteiger charge is -2.31. The zero-order valence-corrected chi connectivity index (χ0v) is 14.7. The van der Waals surface area contributed by atoms with Gasteiger partial charge in [0.15, 0.2) is 0 Å². The van der Waals surface area contributed by atoms with Crippen LogP contribution in [0.1, 0.15) is 38.3 Å². The molecule has 0 aliphatic carbocycles. The smallest absolute Gasteiger partial charge is 0.124 e. The van der Waals surface area contributed by atoms with E-state index in [1.54, 1.807) is 0 Å². The molecular formula is C18H33N3O. The fourth-order valence-electron chi connectivity index (χ4n) is 2.59. The fourth-order valence-corrected chi connectivity index (χ4v) is 2.59. The van der Waals surface area contributed by atoms with Crippen LogP contribution in [0.2, 0.25) is 0 Å². The third-order valence-electron chi connectivity index (χ3n) is 3.94. The minimum Gasteiger partial charge on any atom is -0.492 e. The van der Waals surface area contributed by atoms with Gasteiger partial charge in [0.25, 0.3) is 0 Å². The molecule has 0 spiro atoms. The Morgan fingerprint density at radius 2 is 1.86 bits per heavy atom. The van der Waals surface area contributed by atoms with E-state index in [0.717, 1.165) is 25.4 Å². The second-order valence-electron chi connectivity index (χ2n) is 5.92. The lowest BCUT2D eigenvalue weighted by Crippen LogP contribution is -2.34. The number of hydrogen-bond donors (Lipinski definition) is 1. The van der Waals surface area contributed by atoms with Crippen molar-refractivity contribution in [2.75, 3.05) is 46.9 Å². The van der Waals surface area contributed by atoms with Gasteiger partial charge in [-0.15, -0.1) is 0 Å². The van der Waals surface area contributed by atoms with Crippen molar-refractivity contribution in [3.05, 3.63) is 29.8 Å². The highest BCUT2D eigenvalue weighted by Gasteiger charge is 2.20. The van der Waals surface area contributed by atoms with E-state index in [9.17, 15) is 0 Å². The maximum absolute atomic E-state index is 6.09. The number of para-hydroxylation sites is 1. The Morgan fingerprint density at radius 1 is 1.14 bits per heavy atom. The first-order valence-electron chi connectivity index (χ1n) is 8.44. The minimum atomic E-state index is 0.229. The van der Waals surface area contributed by atoms with Crippen molar-refractivity contribution in [3.8, 4) is 5.75 Å². The number of rotatable bonds is 11. The van der Waals surface area contributed by atoms with E-state index in [4.69, 9.17) is 10.5 Å². The Labute approximate surface area is 136 Å². The number of nitrogens with two attached hydrogens (primary N) is 1. The SMILES string of the molecule is CCCCN(CC)C(CN)c1ccccc1OCCN(C)C. The van der Waals surface area contributed by atoms with E-state index in [1.807, 2.05) is 6.07 Å². The fraction of sp³-hybridized carbons (Fsp3) is 0.667. The standard InChI is InChI=1S/C18H33N3O/c1-5-7-12-21(6-2)17(15-19)16-10-8-9-11-18(16)22-14-13-20(3)4/h8-11,17H,5-7,12-15,19H2,1-4H3. The first kappa shape index (κ1) is 18.9. The molecule has 1 rings (SSSR count). The molecule has 1 atom stereocenters. The van der Waals surface area contributed by atoms with Gasteiger partial charge in [-0.3, -0.25) is 4.90 Å². The summed E-state index contributed by atoms with van der Waals surface area (Å²) in [4.78, 5) is 4.58. The predicted molar refractivity (Wildman–Crippen MR) is 94.4 cm³/mol. The maximum Gasteiger partial charge on any atom is 0.124 e. The summed E-state index contributed by atoms with van der Waals surface area (Å²) in [6.45, 7) is 8.75. The molecule has 0 amide bonds. The van der Waals surface area contributed by atoms with Crippen molar-refractivity contribution in [1.82, 2.24) is 9.80 Å². The van der Waals surface area contributed by atoms with E-state index in [0.29, 0.717) is 13.2 Å². The van der Waals surface area contributed by atoms with Gasteiger partial charge in [0, 0.05) is 18.7 Å². The van der Waals surface area contributed by atoms with Crippen LogP contribution in [0.25, 0.3) is 0 Å².